The maximum Gasteiger partial charge on any atom is 0.236 e. The Hall–Kier alpha value is -2.14. The van der Waals surface area contributed by atoms with E-state index in [-0.39, 0.29) is 5.91 Å². The van der Waals surface area contributed by atoms with Crippen molar-refractivity contribution >= 4 is 5.91 Å². The largest absolute Gasteiger partial charge is 0.351 e. The molecule has 18 heavy (non-hydrogen) atoms. The molecule has 0 unspecified atom stereocenters. The number of nitrogens with one attached hydrogen (secondary N) is 2. The quantitative estimate of drug-likeness (QED) is 0.751. The van der Waals surface area contributed by atoms with Gasteiger partial charge in [-0.1, -0.05) is 24.3 Å². The van der Waals surface area contributed by atoms with Gasteiger partial charge in [0.05, 0.1) is 11.7 Å². The Bertz CT molecular complexity index is 502. The predicted molar refractivity (Wildman–Crippen MR) is 69.5 cm³/mol. The fourth-order valence-corrected chi connectivity index (χ4v) is 1.57. The Kier molecular flexibility index (Phi) is 3.74. The van der Waals surface area contributed by atoms with Gasteiger partial charge in [0.15, 0.2) is 0 Å². The molecular weight excluding hydrogens is 228 g/mol. The Morgan fingerprint density at radius 1 is 1.39 bits per heavy atom. The lowest BCUT2D eigenvalue weighted by atomic mass is 10.1. The van der Waals surface area contributed by atoms with Crippen molar-refractivity contribution in [2.75, 3.05) is 0 Å². The second-order valence-electron chi connectivity index (χ2n) is 4.17. The number of aromatic nitrogens is 2. The number of hydrogen-bond acceptors (Lipinski definition) is 3. The number of benzene rings is 1. The number of amides is 1. The van der Waals surface area contributed by atoms with Gasteiger partial charge in [0.25, 0.3) is 0 Å². The fourth-order valence-electron chi connectivity index (χ4n) is 1.57. The molecule has 1 heterocycles. The van der Waals surface area contributed by atoms with Crippen LogP contribution in [-0.2, 0) is 11.3 Å². The highest BCUT2D eigenvalue weighted by Gasteiger charge is 2.06. The summed E-state index contributed by atoms with van der Waals surface area (Å²) >= 11 is 0. The smallest absolute Gasteiger partial charge is 0.236 e. The van der Waals surface area contributed by atoms with E-state index in [0.29, 0.717) is 6.54 Å². The molecule has 1 amide bonds. The fraction of sp³-hybridized carbons (Fsp3) is 0.231. The lowest BCUT2D eigenvalue weighted by Gasteiger charge is -2.08. The van der Waals surface area contributed by atoms with Crippen LogP contribution in [0.4, 0.5) is 0 Å². The van der Waals surface area contributed by atoms with E-state index in [2.05, 4.69) is 15.5 Å². The molecule has 0 saturated carbocycles. The lowest BCUT2D eigenvalue weighted by Crippen LogP contribution is -2.37. The van der Waals surface area contributed by atoms with Crippen molar-refractivity contribution in [2.45, 2.75) is 19.5 Å². The number of aromatic amines is 1. The van der Waals surface area contributed by atoms with Crippen molar-refractivity contribution in [3.05, 3.63) is 42.1 Å². The van der Waals surface area contributed by atoms with Gasteiger partial charge in [-0.25, -0.2) is 0 Å². The van der Waals surface area contributed by atoms with Crippen LogP contribution in [0.15, 0.2) is 36.5 Å². The van der Waals surface area contributed by atoms with E-state index in [1.54, 1.807) is 13.1 Å². The zero-order valence-electron chi connectivity index (χ0n) is 10.2. The molecule has 1 aromatic carbocycles. The van der Waals surface area contributed by atoms with Gasteiger partial charge in [-0.15, -0.1) is 0 Å². The van der Waals surface area contributed by atoms with Gasteiger partial charge in [0.2, 0.25) is 5.91 Å². The van der Waals surface area contributed by atoms with Crippen molar-refractivity contribution in [1.29, 1.82) is 0 Å². The average molecular weight is 244 g/mol. The number of H-pyrrole nitrogens is 1. The van der Waals surface area contributed by atoms with E-state index in [1.807, 2.05) is 30.3 Å². The summed E-state index contributed by atoms with van der Waals surface area (Å²) in [5.41, 5.74) is 8.54. The summed E-state index contributed by atoms with van der Waals surface area (Å²) in [6, 6.07) is 9.35. The molecule has 0 aliphatic carbocycles. The van der Waals surface area contributed by atoms with Crippen molar-refractivity contribution in [3.63, 3.8) is 0 Å². The summed E-state index contributed by atoms with van der Waals surface area (Å²) in [5, 5.41) is 9.57. The molecule has 5 heteroatoms. The number of carbonyl (C=O) groups is 1. The van der Waals surface area contributed by atoms with Gasteiger partial charge in [-0.3, -0.25) is 9.89 Å². The minimum absolute atomic E-state index is 0.146. The molecule has 0 aliphatic heterocycles. The minimum atomic E-state index is -0.478. The second kappa shape index (κ2) is 5.46. The topological polar surface area (TPSA) is 83.8 Å². The first-order valence-corrected chi connectivity index (χ1v) is 5.79. The first kappa shape index (κ1) is 12.3. The van der Waals surface area contributed by atoms with Crippen molar-refractivity contribution in [1.82, 2.24) is 15.5 Å². The molecule has 0 radical (unpaired) electrons. The number of nitrogens with two attached hydrogens (primary N) is 1. The normalized spacial score (nSPS) is 12.1. The lowest BCUT2D eigenvalue weighted by molar-refractivity contribution is -0.122. The molecular formula is C13H16N4O. The molecule has 0 bridgehead atoms. The van der Waals surface area contributed by atoms with Crippen LogP contribution in [0.1, 0.15) is 12.5 Å². The van der Waals surface area contributed by atoms with E-state index in [1.165, 1.54) is 0 Å². The van der Waals surface area contributed by atoms with Crippen LogP contribution in [0.25, 0.3) is 11.3 Å². The second-order valence-corrected chi connectivity index (χ2v) is 4.17. The Morgan fingerprint density at radius 3 is 2.67 bits per heavy atom. The number of carbonyl (C=O) groups excluding carboxylic acids is 1. The Labute approximate surface area is 105 Å². The summed E-state index contributed by atoms with van der Waals surface area (Å²) in [4.78, 5) is 11.3. The van der Waals surface area contributed by atoms with Gasteiger partial charge >= 0.3 is 0 Å². The van der Waals surface area contributed by atoms with Crippen molar-refractivity contribution < 1.29 is 4.79 Å². The molecule has 5 nitrogen and oxygen atoms in total. The summed E-state index contributed by atoms with van der Waals surface area (Å²) in [7, 11) is 0. The SMILES string of the molecule is C[C@H](N)C(=O)NCc1ccc(-c2ccn[nH]2)cc1. The molecule has 2 rings (SSSR count). The highest BCUT2D eigenvalue weighted by atomic mass is 16.2. The highest BCUT2D eigenvalue weighted by Crippen LogP contribution is 2.16. The molecule has 0 fully saturated rings. The highest BCUT2D eigenvalue weighted by molar-refractivity contribution is 5.80. The predicted octanol–water partition coefficient (Wildman–Crippen LogP) is 1.04. The molecule has 2 aromatic rings. The molecule has 1 aromatic heterocycles. The zero-order chi connectivity index (χ0) is 13.0. The van der Waals surface area contributed by atoms with E-state index in [9.17, 15) is 4.79 Å². The molecule has 94 valence electrons. The van der Waals surface area contributed by atoms with Gasteiger partial charge in [0, 0.05) is 12.7 Å². The summed E-state index contributed by atoms with van der Waals surface area (Å²) in [5.74, 6) is -0.146. The van der Waals surface area contributed by atoms with Crippen molar-refractivity contribution in [2.24, 2.45) is 5.73 Å². The third kappa shape index (κ3) is 2.95. The monoisotopic (exact) mass is 244 g/mol. The van der Waals surface area contributed by atoms with Gasteiger partial charge in [-0.2, -0.15) is 5.10 Å². The van der Waals surface area contributed by atoms with Crippen LogP contribution in [0.3, 0.4) is 0 Å². The molecule has 0 aliphatic rings. The first-order valence-electron chi connectivity index (χ1n) is 5.79. The molecule has 4 N–H and O–H groups in total. The van der Waals surface area contributed by atoms with E-state index in [0.717, 1.165) is 16.8 Å². The van der Waals surface area contributed by atoms with Crippen molar-refractivity contribution in [3.8, 4) is 11.3 Å². The minimum Gasteiger partial charge on any atom is -0.351 e. The first-order chi connectivity index (χ1) is 8.66. The van der Waals surface area contributed by atoms with E-state index in [4.69, 9.17) is 5.73 Å². The zero-order valence-corrected chi connectivity index (χ0v) is 10.2. The maximum atomic E-state index is 11.3. The molecule has 1 atom stereocenters. The third-order valence-corrected chi connectivity index (χ3v) is 2.65. The van der Waals surface area contributed by atoms with Crippen LogP contribution < -0.4 is 11.1 Å². The van der Waals surface area contributed by atoms with Crippen LogP contribution >= 0.6 is 0 Å². The average Bonchev–Trinajstić information content (AvgIpc) is 2.90. The van der Waals surface area contributed by atoms with Crippen LogP contribution in [0.2, 0.25) is 0 Å². The van der Waals surface area contributed by atoms with E-state index < -0.39 is 6.04 Å². The Morgan fingerprint density at radius 2 is 2.11 bits per heavy atom. The molecule has 0 spiro atoms. The molecule has 0 saturated heterocycles. The van der Waals surface area contributed by atoms with Gasteiger partial charge in [-0.05, 0) is 24.1 Å². The third-order valence-electron chi connectivity index (χ3n) is 2.65. The van der Waals surface area contributed by atoms with Crippen LogP contribution in [0.5, 0.6) is 0 Å². The van der Waals surface area contributed by atoms with Crippen LogP contribution in [-0.4, -0.2) is 22.1 Å². The van der Waals surface area contributed by atoms with Gasteiger partial charge < -0.3 is 11.1 Å². The number of hydrogen-bond donors (Lipinski definition) is 3. The van der Waals surface area contributed by atoms with Crippen LogP contribution in [0, 0.1) is 0 Å². The van der Waals surface area contributed by atoms with E-state index >= 15 is 0 Å². The van der Waals surface area contributed by atoms with Gasteiger partial charge in [0.1, 0.15) is 0 Å². The summed E-state index contributed by atoms with van der Waals surface area (Å²) in [6.45, 7) is 2.15. The number of rotatable bonds is 4. The standard InChI is InChI=1S/C13H16N4O/c1-9(14)13(18)15-8-10-2-4-11(5-3-10)12-6-7-16-17-12/h2-7,9H,8,14H2,1H3,(H,15,18)(H,16,17)/t9-/m0/s1. The summed E-state index contributed by atoms with van der Waals surface area (Å²) in [6.07, 6.45) is 1.71. The maximum absolute atomic E-state index is 11.3. The summed E-state index contributed by atoms with van der Waals surface area (Å²) < 4.78 is 0. The Balaban J connectivity index is 1.98. The number of nitrogens with zero attached hydrogens (tertiary/aromatic N) is 1.